The number of nitrogens with one attached hydrogen (secondary N) is 2. The minimum atomic E-state index is -1.01. The van der Waals surface area contributed by atoms with Gasteiger partial charge in [0, 0.05) is 70.8 Å². The van der Waals surface area contributed by atoms with Crippen molar-refractivity contribution in [1.29, 1.82) is 0 Å². The Kier molecular flexibility index (Phi) is 15.0. The second-order valence-electron chi connectivity index (χ2n) is 21.2. The SMILES string of the molecule is O=COc1ccc(C[n+]2ccccc2-c2c3nc(c(-c4cccc[n+]4Cc4ccc(C(=O)O)cc4)c4ccc([nH]4)c(-c4cccc[n+]4Cc4ccc(C(=O)O)cc4)c4nc(c(-c5cccc[n+]5Cc5ccc(C(=O)O)cc5)c5ccc2[nH]5)C=C4)C=C3)cc1. The maximum absolute atomic E-state index is 11.9. The van der Waals surface area contributed by atoms with Crippen LogP contribution in [-0.2, 0) is 31.0 Å². The summed E-state index contributed by atoms with van der Waals surface area (Å²) >= 11 is 0. The van der Waals surface area contributed by atoms with Crippen LogP contribution in [0.4, 0.5) is 0 Å². The lowest BCUT2D eigenvalue weighted by molar-refractivity contribution is -0.677. The molecule has 5 N–H and O–H groups in total. The molecule has 4 aromatic carbocycles. The molecule has 0 spiro atoms. The number of hydrogen-bond donors (Lipinski definition) is 5. The number of carboxylic acids is 3. The molecule has 0 fully saturated rings. The van der Waals surface area contributed by atoms with Gasteiger partial charge in [-0.2, -0.15) is 18.3 Å². The first kappa shape index (κ1) is 55.2. The quantitative estimate of drug-likeness (QED) is 0.0430. The van der Waals surface area contributed by atoms with Crippen LogP contribution in [-0.4, -0.2) is 59.6 Å². The molecule has 16 heteroatoms. The minimum absolute atomic E-state index is 0.191. The number of ether oxygens (including phenoxy) is 1. The Morgan fingerprint density at radius 1 is 0.364 bits per heavy atom. The molecule has 0 unspecified atom stereocenters. The molecule has 0 aliphatic carbocycles. The van der Waals surface area contributed by atoms with Gasteiger partial charge in [0.2, 0.25) is 22.8 Å². The van der Waals surface area contributed by atoms with Gasteiger partial charge in [-0.3, -0.25) is 4.79 Å². The average Bonchev–Trinajstić information content (AvgIpc) is 3.09. The van der Waals surface area contributed by atoms with Crippen molar-refractivity contribution in [3.63, 3.8) is 0 Å². The zero-order valence-corrected chi connectivity index (χ0v) is 47.1. The van der Waals surface area contributed by atoms with Crippen molar-refractivity contribution in [3.05, 3.63) is 281 Å². The molecule has 0 radical (unpaired) electrons. The molecule has 2 aliphatic heterocycles. The van der Waals surface area contributed by atoms with Crippen LogP contribution in [0.15, 0.2) is 219 Å². The van der Waals surface area contributed by atoms with Gasteiger partial charge in [-0.1, -0.05) is 36.4 Å². The molecule has 0 amide bonds. The van der Waals surface area contributed by atoms with Gasteiger partial charge in [-0.05, 0) is 133 Å². The van der Waals surface area contributed by atoms with Crippen LogP contribution in [0, 0.1) is 0 Å². The molecule has 13 rings (SSSR count). The number of rotatable bonds is 17. The van der Waals surface area contributed by atoms with Gasteiger partial charge in [0.05, 0.1) is 83.8 Å². The number of aromatic carboxylic acids is 3. The molecule has 11 aromatic rings. The van der Waals surface area contributed by atoms with Gasteiger partial charge in [-0.25, -0.2) is 24.4 Å². The molecule has 0 saturated carbocycles. The van der Waals surface area contributed by atoms with E-state index in [1.807, 2.05) is 146 Å². The standard InChI is InChI=1S/C72H50N8O8/c81-45-88-53-27-19-49(20-28-53)44-80-40-8-4-12-65(80)69-60-35-33-58(75-60)67(63-10-2-6-38-78(63)42-47-15-23-51(24-16-47)71(84)85)56-31-29-54(73-56)66(62-9-1-5-37-77(62)41-46-13-21-50(22-14-46)70(82)83)55-30-32-57(74-55)68(59-34-36-61(69)76-59)64-11-3-7-39-79(64)43-48-17-25-52(26-18-48)72(86)87/h1-40,45H,41-44H2,(H-3,73,74,75,76,82,83,84,85,86,87)/p+4. The Balaban J connectivity index is 1.11. The highest BCUT2D eigenvalue weighted by Gasteiger charge is 2.29. The summed E-state index contributed by atoms with van der Waals surface area (Å²) in [4.78, 5) is 66.1. The third kappa shape index (κ3) is 11.3. The molecule has 0 atom stereocenters. The molecule has 9 heterocycles. The number of pyridine rings is 4. The molecule has 8 bridgehead atoms. The number of aromatic amines is 2. The van der Waals surface area contributed by atoms with Crippen LogP contribution in [0.25, 0.3) is 91.4 Å². The van der Waals surface area contributed by atoms with Crippen molar-refractivity contribution in [2.45, 2.75) is 26.2 Å². The fraction of sp³-hybridized carbons (Fsp3) is 0.0556. The van der Waals surface area contributed by atoms with E-state index in [-0.39, 0.29) is 16.7 Å². The van der Waals surface area contributed by atoms with E-state index >= 15 is 0 Å². The van der Waals surface area contributed by atoms with Crippen LogP contribution in [0.1, 0.15) is 76.1 Å². The molecule has 2 aliphatic rings. The maximum Gasteiger partial charge on any atom is 0.335 e. The lowest BCUT2D eigenvalue weighted by Crippen LogP contribution is -2.36. The van der Waals surface area contributed by atoms with E-state index < -0.39 is 17.9 Å². The summed E-state index contributed by atoms with van der Waals surface area (Å²) in [6.45, 7) is 2.07. The van der Waals surface area contributed by atoms with E-state index in [0.717, 1.165) is 89.4 Å². The number of aromatic nitrogens is 8. The summed E-state index contributed by atoms with van der Waals surface area (Å²) < 4.78 is 13.7. The Hall–Kier alpha value is -12.0. The molecule has 0 saturated heterocycles. The Morgan fingerprint density at radius 2 is 0.625 bits per heavy atom. The number of carboxylic acid groups (broad SMARTS) is 3. The van der Waals surface area contributed by atoms with Crippen molar-refractivity contribution in [2.75, 3.05) is 0 Å². The summed E-state index contributed by atoms with van der Waals surface area (Å²) in [6.07, 6.45) is 16.2. The van der Waals surface area contributed by atoms with Crippen LogP contribution in [0.3, 0.4) is 0 Å². The zero-order valence-electron chi connectivity index (χ0n) is 47.1. The van der Waals surface area contributed by atoms with E-state index in [9.17, 15) is 34.5 Å². The largest absolute Gasteiger partial charge is 0.478 e. The van der Waals surface area contributed by atoms with Crippen LogP contribution < -0.4 is 23.0 Å². The highest BCUT2D eigenvalue weighted by molar-refractivity contribution is 5.98. The first-order valence-corrected chi connectivity index (χ1v) is 28.3. The Labute approximate surface area is 503 Å². The number of nitrogens with zero attached hydrogens (tertiary/aromatic N) is 6. The van der Waals surface area contributed by atoms with Crippen molar-refractivity contribution < 1.29 is 57.5 Å². The van der Waals surface area contributed by atoms with Gasteiger partial charge in [0.25, 0.3) is 6.47 Å². The maximum atomic E-state index is 11.9. The topological polar surface area (TPSA) is 211 Å². The molecular weight excluding hydrogens is 1100 g/mol. The molecular formula is C72H54N8O8+4. The van der Waals surface area contributed by atoms with Gasteiger partial charge >= 0.3 is 17.9 Å². The average molecular weight is 1160 g/mol. The summed E-state index contributed by atoms with van der Waals surface area (Å²) in [5, 5.41) is 29.3. The van der Waals surface area contributed by atoms with Crippen molar-refractivity contribution in [1.82, 2.24) is 19.9 Å². The fourth-order valence-electron chi connectivity index (χ4n) is 11.4. The van der Waals surface area contributed by atoms with E-state index in [2.05, 4.69) is 76.8 Å². The number of benzene rings is 4. The number of H-pyrrole nitrogens is 2. The first-order chi connectivity index (χ1) is 43.0. The lowest BCUT2D eigenvalue weighted by atomic mass is 10.1. The molecule has 16 nitrogen and oxygen atoms in total. The van der Waals surface area contributed by atoms with Gasteiger partial charge < -0.3 is 30.0 Å². The van der Waals surface area contributed by atoms with Crippen LogP contribution >= 0.6 is 0 Å². The van der Waals surface area contributed by atoms with Gasteiger partial charge in [0.1, 0.15) is 5.75 Å². The smallest absolute Gasteiger partial charge is 0.335 e. The lowest BCUT2D eigenvalue weighted by Gasteiger charge is -2.08. The molecule has 426 valence electrons. The van der Waals surface area contributed by atoms with Crippen LogP contribution in [0.2, 0.25) is 0 Å². The number of hydrogen-bond acceptors (Lipinski definition) is 7. The summed E-state index contributed by atoms with van der Waals surface area (Å²) in [5.74, 6) is -2.58. The number of carbonyl (C=O) groups excluding carboxylic acids is 1. The van der Waals surface area contributed by atoms with Gasteiger partial charge in [-0.15, -0.1) is 0 Å². The van der Waals surface area contributed by atoms with E-state index in [0.29, 0.717) is 61.2 Å². The highest BCUT2D eigenvalue weighted by Crippen LogP contribution is 2.37. The van der Waals surface area contributed by atoms with E-state index in [1.54, 1.807) is 48.5 Å². The fourth-order valence-corrected chi connectivity index (χ4v) is 11.4. The Morgan fingerprint density at radius 3 is 0.875 bits per heavy atom. The first-order valence-electron chi connectivity index (χ1n) is 28.3. The summed E-state index contributed by atoms with van der Waals surface area (Å²) in [5.41, 5.74) is 16.4. The monoisotopic (exact) mass is 1160 g/mol. The normalized spacial score (nSPS) is 11.6. The Bertz CT molecular complexity index is 4720. The zero-order chi connectivity index (χ0) is 60.3. The van der Waals surface area contributed by atoms with E-state index in [1.165, 1.54) is 0 Å². The van der Waals surface area contributed by atoms with Crippen molar-refractivity contribution >= 4 is 70.8 Å². The number of fused-ring (bicyclic) bond motifs is 8. The third-order valence-corrected chi connectivity index (χ3v) is 15.7. The second-order valence-corrected chi connectivity index (χ2v) is 21.2. The third-order valence-electron chi connectivity index (χ3n) is 15.7. The second kappa shape index (κ2) is 23.9. The predicted octanol–water partition coefficient (Wildman–Crippen LogP) is 11.3. The predicted molar refractivity (Wildman–Crippen MR) is 331 cm³/mol. The van der Waals surface area contributed by atoms with E-state index in [4.69, 9.17) is 14.7 Å². The van der Waals surface area contributed by atoms with Crippen molar-refractivity contribution in [3.8, 4) is 50.8 Å². The minimum Gasteiger partial charge on any atom is -0.478 e. The van der Waals surface area contributed by atoms with Gasteiger partial charge in [0.15, 0.2) is 51.0 Å². The van der Waals surface area contributed by atoms with Crippen LogP contribution in [0.5, 0.6) is 5.75 Å². The molecule has 7 aromatic heterocycles. The number of carbonyl (C=O) groups is 4. The summed E-state index contributed by atoms with van der Waals surface area (Å²) in [6, 6.07) is 60.4. The highest BCUT2D eigenvalue weighted by atomic mass is 16.5. The summed E-state index contributed by atoms with van der Waals surface area (Å²) in [7, 11) is 0. The molecule has 88 heavy (non-hydrogen) atoms. The van der Waals surface area contributed by atoms with Crippen molar-refractivity contribution in [2.24, 2.45) is 0 Å².